The molecule has 6 nitrogen and oxygen atoms in total. The minimum absolute atomic E-state index is 0.0635. The van der Waals surface area contributed by atoms with E-state index in [-0.39, 0.29) is 12.5 Å². The smallest absolute Gasteiger partial charge is 0.255 e. The molecule has 1 N–H and O–H groups in total. The molecule has 0 fully saturated rings. The number of benzene rings is 3. The third-order valence-electron chi connectivity index (χ3n) is 6.69. The monoisotopic (exact) mass is 482 g/mol. The van der Waals surface area contributed by atoms with E-state index >= 15 is 0 Å². The van der Waals surface area contributed by atoms with Gasteiger partial charge in [-0.2, -0.15) is 0 Å². The van der Waals surface area contributed by atoms with E-state index in [2.05, 4.69) is 18.7 Å². The maximum Gasteiger partial charge on any atom is 0.255 e. The topological polar surface area (TPSA) is 71.4 Å². The number of amides is 1. The van der Waals surface area contributed by atoms with Crippen LogP contribution in [0.15, 0.2) is 96.5 Å². The van der Waals surface area contributed by atoms with Crippen LogP contribution in [0.3, 0.4) is 0 Å². The van der Waals surface area contributed by atoms with E-state index in [0.29, 0.717) is 44.2 Å². The maximum atomic E-state index is 14.2. The summed E-state index contributed by atoms with van der Waals surface area (Å²) in [6, 6.07) is 25.5. The largest absolute Gasteiger partial charge is 0.494 e. The highest BCUT2D eigenvalue weighted by molar-refractivity contribution is 6.01. The van der Waals surface area contributed by atoms with Crippen molar-refractivity contribution >= 4 is 11.8 Å². The Morgan fingerprint density at radius 3 is 2.50 bits per heavy atom. The predicted octanol–water partition coefficient (Wildman–Crippen LogP) is 4.48. The van der Waals surface area contributed by atoms with E-state index in [1.807, 2.05) is 71.6 Å². The SMILES string of the molecule is C=CCN1Cc2ccccc2C[C@@]2(N=C(c3ccc(OCCCO)cc3)O[C@H]2c2ccccc2)C1=O. The summed E-state index contributed by atoms with van der Waals surface area (Å²) < 4.78 is 12.2. The summed E-state index contributed by atoms with van der Waals surface area (Å²) in [5.74, 6) is 1.08. The number of hydrogen-bond donors (Lipinski definition) is 1. The van der Waals surface area contributed by atoms with Gasteiger partial charge in [-0.15, -0.1) is 6.58 Å². The second kappa shape index (κ2) is 10.4. The number of ether oxygens (including phenoxy) is 2. The van der Waals surface area contributed by atoms with Crippen LogP contribution >= 0.6 is 0 Å². The summed E-state index contributed by atoms with van der Waals surface area (Å²) in [6.07, 6.45) is 2.21. The van der Waals surface area contributed by atoms with Crippen LogP contribution in [-0.2, 0) is 22.5 Å². The first-order valence-corrected chi connectivity index (χ1v) is 12.3. The second-order valence-corrected chi connectivity index (χ2v) is 9.12. The quantitative estimate of drug-likeness (QED) is 0.380. The van der Waals surface area contributed by atoms with Crippen LogP contribution in [0, 0.1) is 0 Å². The molecule has 0 unspecified atom stereocenters. The summed E-state index contributed by atoms with van der Waals surface area (Å²) >= 11 is 0. The van der Waals surface area contributed by atoms with Gasteiger partial charge in [0, 0.05) is 38.1 Å². The lowest BCUT2D eigenvalue weighted by atomic mass is 9.82. The molecule has 6 heteroatoms. The van der Waals surface area contributed by atoms with E-state index in [1.54, 1.807) is 6.08 Å². The fourth-order valence-corrected chi connectivity index (χ4v) is 4.92. The fourth-order valence-electron chi connectivity index (χ4n) is 4.92. The number of carbonyl (C=O) groups excluding carboxylic acids is 1. The summed E-state index contributed by atoms with van der Waals surface area (Å²) in [4.78, 5) is 21.1. The number of rotatable bonds is 8. The molecule has 36 heavy (non-hydrogen) atoms. The zero-order valence-corrected chi connectivity index (χ0v) is 20.2. The summed E-state index contributed by atoms with van der Waals surface area (Å²) in [5.41, 5.74) is 2.76. The van der Waals surface area contributed by atoms with Crippen molar-refractivity contribution in [3.8, 4) is 5.75 Å². The standard InChI is InChI=1S/C30H30N2O4/c1-2-17-32-21-25-12-7-6-11-24(25)20-30(29(32)34)27(22-9-4-3-5-10-22)36-28(31-30)23-13-15-26(16-14-23)35-19-8-18-33/h2-7,9-16,27,33H,1,8,17-21H2/t27-,30-/m0/s1. The second-order valence-electron chi connectivity index (χ2n) is 9.12. The normalized spacial score (nSPS) is 20.9. The van der Waals surface area contributed by atoms with Crippen LogP contribution < -0.4 is 4.74 Å². The van der Waals surface area contributed by atoms with Crippen LogP contribution in [0.2, 0.25) is 0 Å². The van der Waals surface area contributed by atoms with Crippen molar-refractivity contribution in [2.75, 3.05) is 19.8 Å². The summed E-state index contributed by atoms with van der Waals surface area (Å²) in [7, 11) is 0. The Morgan fingerprint density at radius 1 is 1.06 bits per heavy atom. The molecule has 1 amide bonds. The van der Waals surface area contributed by atoms with Crippen LogP contribution in [0.1, 0.15) is 34.8 Å². The molecule has 2 atom stereocenters. The van der Waals surface area contributed by atoms with Gasteiger partial charge < -0.3 is 19.5 Å². The number of nitrogens with zero attached hydrogens (tertiary/aromatic N) is 2. The van der Waals surface area contributed by atoms with E-state index in [4.69, 9.17) is 19.6 Å². The Kier molecular flexibility index (Phi) is 6.87. The average Bonchev–Trinajstić information content (AvgIpc) is 3.25. The Balaban J connectivity index is 1.58. The highest BCUT2D eigenvalue weighted by atomic mass is 16.5. The number of aliphatic hydroxyl groups is 1. The molecule has 0 radical (unpaired) electrons. The van der Waals surface area contributed by atoms with Crippen LogP contribution in [-0.4, -0.2) is 47.1 Å². The molecule has 2 aliphatic rings. The van der Waals surface area contributed by atoms with E-state index in [0.717, 1.165) is 22.3 Å². The minimum atomic E-state index is -1.14. The average molecular weight is 483 g/mol. The molecule has 0 bridgehead atoms. The van der Waals surface area contributed by atoms with Crippen molar-refractivity contribution in [2.24, 2.45) is 4.99 Å². The number of carbonyl (C=O) groups is 1. The van der Waals surface area contributed by atoms with Crippen molar-refractivity contribution in [3.63, 3.8) is 0 Å². The van der Waals surface area contributed by atoms with Crippen LogP contribution in [0.25, 0.3) is 0 Å². The van der Waals surface area contributed by atoms with Crippen molar-refractivity contribution in [1.82, 2.24) is 4.90 Å². The van der Waals surface area contributed by atoms with Gasteiger partial charge in [0.25, 0.3) is 5.91 Å². The zero-order chi connectivity index (χ0) is 25.0. The molecule has 0 aromatic heterocycles. The molecule has 2 aliphatic heterocycles. The predicted molar refractivity (Wildman–Crippen MR) is 139 cm³/mol. The van der Waals surface area contributed by atoms with Gasteiger partial charge in [0.05, 0.1) is 6.61 Å². The molecule has 3 aromatic carbocycles. The van der Waals surface area contributed by atoms with Gasteiger partial charge in [-0.25, -0.2) is 4.99 Å². The molecule has 0 saturated carbocycles. The minimum Gasteiger partial charge on any atom is -0.494 e. The number of aliphatic hydroxyl groups excluding tert-OH is 1. The molecule has 0 saturated heterocycles. The maximum absolute atomic E-state index is 14.2. The molecular formula is C30H30N2O4. The molecule has 184 valence electrons. The van der Waals surface area contributed by atoms with Gasteiger partial charge >= 0.3 is 0 Å². The van der Waals surface area contributed by atoms with Crippen LogP contribution in [0.5, 0.6) is 5.75 Å². The zero-order valence-electron chi connectivity index (χ0n) is 20.2. The molecular weight excluding hydrogens is 452 g/mol. The molecule has 2 heterocycles. The van der Waals surface area contributed by atoms with Gasteiger partial charge in [-0.3, -0.25) is 4.79 Å². The first-order valence-electron chi connectivity index (χ1n) is 12.3. The highest BCUT2D eigenvalue weighted by Gasteiger charge is 2.55. The Morgan fingerprint density at radius 2 is 1.78 bits per heavy atom. The number of fused-ring (bicyclic) bond motifs is 1. The van der Waals surface area contributed by atoms with Crippen molar-refractivity contribution < 1.29 is 19.4 Å². The van der Waals surface area contributed by atoms with Crippen LogP contribution in [0.4, 0.5) is 0 Å². The molecule has 3 aromatic rings. The first-order chi connectivity index (χ1) is 17.6. The lowest BCUT2D eigenvalue weighted by Gasteiger charge is -2.33. The van der Waals surface area contributed by atoms with Gasteiger partial charge in [0.1, 0.15) is 5.75 Å². The first kappa shape index (κ1) is 23.8. The third-order valence-corrected chi connectivity index (χ3v) is 6.69. The van der Waals surface area contributed by atoms with Gasteiger partial charge in [-0.1, -0.05) is 60.7 Å². The molecule has 0 aliphatic carbocycles. The molecule has 5 rings (SSSR count). The van der Waals surface area contributed by atoms with Gasteiger partial charge in [0.15, 0.2) is 11.6 Å². The van der Waals surface area contributed by atoms with Crippen molar-refractivity contribution in [3.05, 3.63) is 114 Å². The van der Waals surface area contributed by atoms with Gasteiger partial charge in [-0.05, 0) is 41.0 Å². The van der Waals surface area contributed by atoms with Crippen molar-refractivity contribution in [2.45, 2.75) is 31.0 Å². The highest BCUT2D eigenvalue weighted by Crippen LogP contribution is 2.45. The Hall–Kier alpha value is -3.90. The van der Waals surface area contributed by atoms with E-state index < -0.39 is 11.6 Å². The Labute approximate surface area is 211 Å². The lowest BCUT2D eigenvalue weighted by molar-refractivity contribution is -0.139. The number of hydrogen-bond acceptors (Lipinski definition) is 5. The van der Waals surface area contributed by atoms with Gasteiger partial charge in [0.2, 0.25) is 5.90 Å². The number of aliphatic imine (C=N–C) groups is 1. The van der Waals surface area contributed by atoms with E-state index in [1.165, 1.54) is 0 Å². The lowest BCUT2D eigenvalue weighted by Crippen LogP contribution is -2.50. The summed E-state index contributed by atoms with van der Waals surface area (Å²) in [5, 5.41) is 8.98. The van der Waals surface area contributed by atoms with E-state index in [9.17, 15) is 4.79 Å². The Bertz CT molecular complexity index is 1260. The third kappa shape index (κ3) is 4.52. The van der Waals surface area contributed by atoms with Crippen molar-refractivity contribution in [1.29, 1.82) is 0 Å². The summed E-state index contributed by atoms with van der Waals surface area (Å²) in [6.45, 7) is 5.35. The fraction of sp³-hybridized carbons (Fsp3) is 0.267. The molecule has 1 spiro atoms.